The Kier molecular flexibility index (Phi) is 8.79. The Balaban J connectivity index is 2.10. The summed E-state index contributed by atoms with van der Waals surface area (Å²) in [4.78, 5) is 9.39. The molecular formula is C18H28N4O2S. The Morgan fingerprint density at radius 1 is 1.20 bits per heavy atom. The monoisotopic (exact) mass is 364 g/mol. The lowest BCUT2D eigenvalue weighted by Crippen LogP contribution is -2.13. The van der Waals surface area contributed by atoms with Crippen LogP contribution in [-0.4, -0.2) is 40.7 Å². The highest BCUT2D eigenvalue weighted by atomic mass is 32.2. The van der Waals surface area contributed by atoms with Crippen molar-refractivity contribution < 1.29 is 9.94 Å². The van der Waals surface area contributed by atoms with E-state index in [2.05, 4.69) is 29.6 Å². The van der Waals surface area contributed by atoms with Crippen molar-refractivity contribution >= 4 is 23.2 Å². The van der Waals surface area contributed by atoms with Gasteiger partial charge in [-0.1, -0.05) is 19.9 Å². The topological polar surface area (TPSA) is 79.3 Å². The molecule has 0 fully saturated rings. The number of hydroxylamine groups is 1. The van der Waals surface area contributed by atoms with Crippen molar-refractivity contribution in [2.45, 2.75) is 38.9 Å². The summed E-state index contributed by atoms with van der Waals surface area (Å²) in [6.45, 7) is 6.44. The highest BCUT2D eigenvalue weighted by Gasteiger charge is 2.13. The van der Waals surface area contributed by atoms with E-state index in [1.54, 1.807) is 0 Å². The number of rotatable bonds is 11. The van der Waals surface area contributed by atoms with Gasteiger partial charge in [-0.2, -0.15) is 11.8 Å². The summed E-state index contributed by atoms with van der Waals surface area (Å²) in [7, 11) is 0. The summed E-state index contributed by atoms with van der Waals surface area (Å²) in [6.07, 6.45) is 6.45. The average Bonchev–Trinajstić information content (AvgIpc) is 2.66. The molecule has 0 aromatic carbocycles. The van der Waals surface area contributed by atoms with Crippen LogP contribution >= 0.6 is 11.8 Å². The van der Waals surface area contributed by atoms with Gasteiger partial charge in [0.05, 0.1) is 12.3 Å². The van der Waals surface area contributed by atoms with Crippen LogP contribution in [0.2, 0.25) is 0 Å². The molecule has 1 aliphatic rings. The van der Waals surface area contributed by atoms with Crippen LogP contribution in [0.5, 0.6) is 0 Å². The summed E-state index contributed by atoms with van der Waals surface area (Å²) in [5.41, 5.74) is 5.15. The van der Waals surface area contributed by atoms with Gasteiger partial charge in [-0.15, -0.1) is 0 Å². The van der Waals surface area contributed by atoms with Crippen LogP contribution in [-0.2, 0) is 10.5 Å². The predicted molar refractivity (Wildman–Crippen MR) is 104 cm³/mol. The Hall–Kier alpha value is -1.57. The molecule has 1 heterocycles. The first-order valence-electron chi connectivity index (χ1n) is 8.84. The molecule has 0 saturated heterocycles. The van der Waals surface area contributed by atoms with Crippen molar-refractivity contribution in [2.75, 3.05) is 30.8 Å². The van der Waals surface area contributed by atoms with Crippen molar-refractivity contribution in [1.82, 2.24) is 15.4 Å². The molecule has 138 valence electrons. The molecule has 0 aliphatic heterocycles. The first-order chi connectivity index (χ1) is 12.3. The summed E-state index contributed by atoms with van der Waals surface area (Å²) in [5.74, 6) is 3.54. The molecule has 0 saturated carbocycles. The van der Waals surface area contributed by atoms with E-state index < -0.39 is 0 Å². The van der Waals surface area contributed by atoms with Crippen molar-refractivity contribution in [2.24, 2.45) is 0 Å². The normalized spacial score (nSPS) is 14.0. The number of hydrogen-bond donors (Lipinski definition) is 3. The second kappa shape index (κ2) is 11.1. The second-order valence-electron chi connectivity index (χ2n) is 5.74. The molecule has 1 aliphatic carbocycles. The highest BCUT2D eigenvalue weighted by Crippen LogP contribution is 2.25. The quantitative estimate of drug-likeness (QED) is 0.409. The first kappa shape index (κ1) is 19.8. The van der Waals surface area contributed by atoms with E-state index in [1.807, 2.05) is 30.0 Å². The maximum atomic E-state index is 8.99. The fourth-order valence-corrected chi connectivity index (χ4v) is 2.99. The SMILES string of the molecule is CCCOCCNc1cc(CSCC)nc(C2=CC=C(NO)CC2)n1. The van der Waals surface area contributed by atoms with E-state index in [0.717, 1.165) is 72.5 Å². The molecule has 0 unspecified atom stereocenters. The predicted octanol–water partition coefficient (Wildman–Crippen LogP) is 3.61. The maximum Gasteiger partial charge on any atom is 0.157 e. The zero-order valence-corrected chi connectivity index (χ0v) is 15.9. The molecule has 6 nitrogen and oxygen atoms in total. The molecule has 1 aromatic heterocycles. The summed E-state index contributed by atoms with van der Waals surface area (Å²) in [6, 6.07) is 2.02. The van der Waals surface area contributed by atoms with Gasteiger partial charge in [0, 0.05) is 30.7 Å². The maximum absolute atomic E-state index is 8.99. The fourth-order valence-electron chi connectivity index (χ4n) is 2.43. The zero-order valence-electron chi connectivity index (χ0n) is 15.0. The number of thioether (sulfide) groups is 1. The van der Waals surface area contributed by atoms with Crippen LogP contribution in [0.1, 0.15) is 44.6 Å². The van der Waals surface area contributed by atoms with Crippen LogP contribution in [0.15, 0.2) is 23.9 Å². The minimum atomic E-state index is 0.670. The molecule has 0 spiro atoms. The van der Waals surface area contributed by atoms with Gasteiger partial charge in [0.25, 0.3) is 0 Å². The Labute approximate surface area is 154 Å². The summed E-state index contributed by atoms with van der Waals surface area (Å²) >= 11 is 1.85. The van der Waals surface area contributed by atoms with Crippen molar-refractivity contribution in [3.05, 3.63) is 35.4 Å². The van der Waals surface area contributed by atoms with Crippen LogP contribution in [0.4, 0.5) is 5.82 Å². The number of hydrogen-bond acceptors (Lipinski definition) is 7. The second-order valence-corrected chi connectivity index (χ2v) is 7.01. The lowest BCUT2D eigenvalue weighted by Gasteiger charge is -2.15. The largest absolute Gasteiger partial charge is 0.380 e. The Morgan fingerprint density at radius 3 is 2.76 bits per heavy atom. The average molecular weight is 365 g/mol. The molecule has 7 heteroatoms. The van der Waals surface area contributed by atoms with Crippen LogP contribution in [0, 0.1) is 0 Å². The first-order valence-corrected chi connectivity index (χ1v) is 9.99. The number of anilines is 1. The molecule has 0 amide bonds. The van der Waals surface area contributed by atoms with Gasteiger partial charge in [-0.3, -0.25) is 10.7 Å². The summed E-state index contributed by atoms with van der Waals surface area (Å²) < 4.78 is 5.51. The van der Waals surface area contributed by atoms with Crippen molar-refractivity contribution in [3.8, 4) is 0 Å². The van der Waals surface area contributed by atoms with Gasteiger partial charge in [0.15, 0.2) is 5.82 Å². The minimum absolute atomic E-state index is 0.670. The van der Waals surface area contributed by atoms with E-state index in [1.165, 1.54) is 0 Å². The van der Waals surface area contributed by atoms with Crippen molar-refractivity contribution in [1.29, 1.82) is 0 Å². The van der Waals surface area contributed by atoms with E-state index in [-0.39, 0.29) is 0 Å². The van der Waals surface area contributed by atoms with Crippen LogP contribution < -0.4 is 10.8 Å². The molecular weight excluding hydrogens is 336 g/mol. The standard InChI is InChI=1S/C18H28N4O2S/c1-3-10-24-11-9-19-17-12-16(13-25-4-2)20-18(21-17)14-5-7-15(22-23)8-6-14/h5,7,12,22-23H,3-4,6,8-11,13H2,1-2H3,(H,19,20,21). The number of nitrogens with zero attached hydrogens (tertiary/aromatic N) is 2. The van der Waals surface area contributed by atoms with Gasteiger partial charge in [0.1, 0.15) is 5.82 Å². The van der Waals surface area contributed by atoms with Gasteiger partial charge in [0.2, 0.25) is 0 Å². The lowest BCUT2D eigenvalue weighted by atomic mass is 10.0. The third kappa shape index (κ3) is 6.68. The van der Waals surface area contributed by atoms with Crippen LogP contribution in [0.3, 0.4) is 0 Å². The molecule has 3 N–H and O–H groups in total. The molecule has 0 bridgehead atoms. The van der Waals surface area contributed by atoms with Gasteiger partial charge in [-0.25, -0.2) is 9.97 Å². The van der Waals surface area contributed by atoms with E-state index in [9.17, 15) is 0 Å². The summed E-state index contributed by atoms with van der Waals surface area (Å²) in [5, 5.41) is 12.3. The van der Waals surface area contributed by atoms with Gasteiger partial charge in [-0.05, 0) is 36.7 Å². The number of ether oxygens (including phenoxy) is 1. The van der Waals surface area contributed by atoms with Crippen LogP contribution in [0.25, 0.3) is 5.57 Å². The molecule has 25 heavy (non-hydrogen) atoms. The third-order valence-electron chi connectivity index (χ3n) is 3.71. The van der Waals surface area contributed by atoms with Crippen molar-refractivity contribution in [3.63, 3.8) is 0 Å². The van der Waals surface area contributed by atoms with Gasteiger partial charge < -0.3 is 10.1 Å². The zero-order chi connectivity index (χ0) is 17.9. The Morgan fingerprint density at radius 2 is 2.08 bits per heavy atom. The molecule has 0 radical (unpaired) electrons. The van der Waals surface area contributed by atoms with E-state index >= 15 is 0 Å². The molecule has 0 atom stereocenters. The van der Waals surface area contributed by atoms with E-state index in [4.69, 9.17) is 14.9 Å². The fraction of sp³-hybridized carbons (Fsp3) is 0.556. The smallest absolute Gasteiger partial charge is 0.157 e. The minimum Gasteiger partial charge on any atom is -0.380 e. The highest BCUT2D eigenvalue weighted by molar-refractivity contribution is 7.98. The third-order valence-corrected chi connectivity index (χ3v) is 4.62. The number of nitrogens with one attached hydrogen (secondary N) is 2. The van der Waals surface area contributed by atoms with Gasteiger partial charge >= 0.3 is 0 Å². The molecule has 1 aromatic rings. The van der Waals surface area contributed by atoms with E-state index in [0.29, 0.717) is 6.61 Å². The molecule has 2 rings (SSSR count). The lowest BCUT2D eigenvalue weighted by molar-refractivity contribution is 0.144. The Bertz CT molecular complexity index is 605. The number of aromatic nitrogens is 2. The number of allylic oxidation sites excluding steroid dienone is 4.